The van der Waals surface area contributed by atoms with Gasteiger partial charge in [0, 0.05) is 10.9 Å². The van der Waals surface area contributed by atoms with Crippen LogP contribution in [-0.4, -0.2) is 14.7 Å². The van der Waals surface area contributed by atoms with Gasteiger partial charge in [-0.1, -0.05) is 56.5 Å². The third-order valence-corrected chi connectivity index (χ3v) is 7.80. The maximum atomic E-state index is 13.1. The molecule has 0 nitrogen and oxygen atoms in total. The van der Waals surface area contributed by atoms with Crippen molar-refractivity contribution in [2.45, 2.75) is 56.3 Å². The average molecular weight is 388 g/mol. The van der Waals surface area contributed by atoms with Crippen LogP contribution >= 0.6 is 11.6 Å². The predicted octanol–water partition coefficient (Wildman–Crippen LogP) is 7.10. The average Bonchev–Trinajstić information content (AvgIpc) is 2.60. The van der Waals surface area contributed by atoms with Crippen LogP contribution in [0.1, 0.15) is 49.7 Å². The molecule has 1 rings (SSSR count). The first-order chi connectivity index (χ1) is 11.8. The third-order valence-electron chi connectivity index (χ3n) is 4.77. The largest absolute Gasteiger partial charge is 0.416 e. The predicted molar refractivity (Wildman–Crippen MR) is 104 cm³/mol. The highest BCUT2D eigenvalue weighted by atomic mass is 35.5. The molecule has 0 amide bonds. The molecule has 0 N–H and O–H groups in total. The van der Waals surface area contributed by atoms with E-state index < -0.39 is 25.6 Å². The molecule has 25 heavy (non-hydrogen) atoms. The van der Waals surface area contributed by atoms with Crippen LogP contribution in [0.25, 0.3) is 0 Å². The van der Waals surface area contributed by atoms with E-state index in [0.717, 1.165) is 44.6 Å². The number of alkyl halides is 4. The monoisotopic (exact) mass is 387 g/mol. The van der Waals surface area contributed by atoms with Gasteiger partial charge in [0.2, 0.25) is 0 Å². The van der Waals surface area contributed by atoms with Gasteiger partial charge in [-0.2, -0.15) is 13.2 Å². The summed E-state index contributed by atoms with van der Waals surface area (Å²) in [5, 5.41) is -0.430. The zero-order valence-corrected chi connectivity index (χ0v) is 16.6. The van der Waals surface area contributed by atoms with Gasteiger partial charge in [-0.15, -0.1) is 30.5 Å². The Morgan fingerprint density at radius 1 is 1.04 bits per heavy atom. The lowest BCUT2D eigenvalue weighted by molar-refractivity contribution is -0.137. The quantitative estimate of drug-likeness (QED) is 0.164. The first kappa shape index (κ1) is 22.0. The van der Waals surface area contributed by atoms with Crippen LogP contribution in [-0.2, 0) is 11.2 Å². The molecule has 1 unspecified atom stereocenters. The minimum atomic E-state index is -4.33. The van der Waals surface area contributed by atoms with Gasteiger partial charge in [0.25, 0.3) is 0 Å². The molecular weight excluding hydrogens is 361 g/mol. The molecule has 0 aliphatic rings. The van der Waals surface area contributed by atoms with Crippen LogP contribution in [0.2, 0.25) is 6.55 Å². The lowest BCUT2D eigenvalue weighted by Gasteiger charge is -2.35. The van der Waals surface area contributed by atoms with Gasteiger partial charge in [-0.3, -0.25) is 0 Å². The fraction of sp³-hybridized carbons (Fsp3) is 0.500. The minimum absolute atomic E-state index is 0.430. The number of benzene rings is 1. The zero-order valence-electron chi connectivity index (χ0n) is 14.8. The summed E-state index contributed by atoms with van der Waals surface area (Å²) in [5.74, 6) is 0.680. The lowest BCUT2D eigenvalue weighted by Crippen LogP contribution is -2.38. The number of hydrogen-bond acceptors (Lipinski definition) is 0. The molecule has 0 spiro atoms. The fourth-order valence-corrected chi connectivity index (χ4v) is 5.19. The van der Waals surface area contributed by atoms with Crippen LogP contribution in [0.4, 0.5) is 13.2 Å². The molecule has 0 aromatic heterocycles. The molecule has 0 bridgehead atoms. The van der Waals surface area contributed by atoms with E-state index in [1.807, 2.05) is 11.8 Å². The van der Waals surface area contributed by atoms with Crippen molar-refractivity contribution < 1.29 is 13.2 Å². The van der Waals surface area contributed by atoms with Gasteiger partial charge in [0.1, 0.15) is 0 Å². The van der Waals surface area contributed by atoms with Crippen LogP contribution < -0.4 is 0 Å². The zero-order chi connectivity index (χ0) is 18.9. The molecule has 139 valence electrons. The molecule has 0 aliphatic heterocycles. The molecule has 1 radical (unpaired) electrons. The highest BCUT2D eigenvalue weighted by Crippen LogP contribution is 2.38. The summed E-state index contributed by atoms with van der Waals surface area (Å²) in [4.78, 5) is 0. The number of unbranched alkanes of at least 4 members (excludes halogenated alkanes) is 4. The first-order valence-electron chi connectivity index (χ1n) is 8.65. The Hall–Kier alpha value is -1.00. The Morgan fingerprint density at radius 2 is 1.64 bits per heavy atom. The molecule has 1 aromatic carbocycles. The van der Waals surface area contributed by atoms with Crippen molar-refractivity contribution >= 4 is 20.4 Å². The third kappa shape index (κ3) is 6.03. The minimum Gasteiger partial charge on any atom is -0.166 e. The van der Waals surface area contributed by atoms with Crippen LogP contribution in [0.3, 0.4) is 0 Å². The van der Waals surface area contributed by atoms with Gasteiger partial charge in [0.05, 0.1) is 14.4 Å². The van der Waals surface area contributed by atoms with Gasteiger partial charge >= 0.3 is 6.18 Å². The first-order valence-corrected chi connectivity index (χ1v) is 11.3. The molecule has 0 heterocycles. The smallest absolute Gasteiger partial charge is 0.166 e. The van der Waals surface area contributed by atoms with Crippen molar-refractivity contribution in [3.05, 3.63) is 60.3 Å². The van der Waals surface area contributed by atoms with E-state index in [-0.39, 0.29) is 0 Å². The SMILES string of the molecule is C=C[Si](C)C(C=C)(CCCCCCCCl)c1cccc(C(F)(F)F)c1. The van der Waals surface area contributed by atoms with E-state index >= 15 is 0 Å². The second-order valence-electron chi connectivity index (χ2n) is 6.35. The van der Waals surface area contributed by atoms with Gasteiger partial charge in [-0.05, 0) is 24.5 Å². The lowest BCUT2D eigenvalue weighted by atomic mass is 9.90. The number of hydrogen-bond donors (Lipinski definition) is 0. The van der Waals surface area contributed by atoms with E-state index in [1.165, 1.54) is 12.1 Å². The summed E-state index contributed by atoms with van der Waals surface area (Å²) in [6.07, 6.45) is 3.53. The fourth-order valence-electron chi connectivity index (χ4n) is 3.13. The normalized spacial score (nSPS) is 14.3. The van der Waals surface area contributed by atoms with E-state index in [4.69, 9.17) is 11.6 Å². The molecule has 1 atom stereocenters. The maximum absolute atomic E-state index is 13.1. The molecule has 5 heteroatoms. The number of allylic oxidation sites excluding steroid dienone is 1. The summed E-state index contributed by atoms with van der Waals surface area (Å²) < 4.78 is 39.4. The topological polar surface area (TPSA) is 0 Å². The molecule has 0 aliphatic carbocycles. The summed E-state index contributed by atoms with van der Waals surface area (Å²) in [7, 11) is -1.13. The van der Waals surface area contributed by atoms with Crippen molar-refractivity contribution in [3.8, 4) is 0 Å². The molecule has 0 fully saturated rings. The van der Waals surface area contributed by atoms with E-state index in [0.29, 0.717) is 11.4 Å². The highest BCUT2D eigenvalue weighted by molar-refractivity contribution is 6.66. The summed E-state index contributed by atoms with van der Waals surface area (Å²) in [6, 6.07) is 5.70. The number of halogens is 4. The van der Waals surface area contributed by atoms with Crippen molar-refractivity contribution in [3.63, 3.8) is 0 Å². The second-order valence-corrected chi connectivity index (χ2v) is 9.39. The Bertz CT molecular complexity index is 556. The summed E-state index contributed by atoms with van der Waals surface area (Å²) >= 11 is 5.69. The molecule has 0 saturated carbocycles. The summed E-state index contributed by atoms with van der Waals surface area (Å²) in [5.41, 5.74) is 2.01. The van der Waals surface area contributed by atoms with Crippen molar-refractivity contribution in [2.75, 3.05) is 5.88 Å². The van der Waals surface area contributed by atoms with E-state index in [1.54, 1.807) is 6.07 Å². The Morgan fingerprint density at radius 3 is 2.20 bits per heavy atom. The van der Waals surface area contributed by atoms with Crippen LogP contribution in [0, 0.1) is 0 Å². The van der Waals surface area contributed by atoms with Crippen LogP contribution in [0.5, 0.6) is 0 Å². The molecule has 0 saturated heterocycles. The Kier molecular flexibility index (Phi) is 9.01. The Balaban J connectivity index is 3.03. The standard InChI is InChI=1S/C20H27ClF3Si/c1-4-19(25(3)5-2,14-9-7-6-8-10-15-21)17-12-11-13-18(16-17)20(22,23)24/h4-5,11-13,16H,1-2,6-10,14-15H2,3H3. The second kappa shape index (κ2) is 10.2. The highest BCUT2D eigenvalue weighted by Gasteiger charge is 2.37. The molecule has 1 aromatic rings. The van der Waals surface area contributed by atoms with Crippen molar-refractivity contribution in [2.24, 2.45) is 0 Å². The molecular formula is C20H27ClF3Si. The summed E-state index contributed by atoms with van der Waals surface area (Å²) in [6.45, 7) is 9.97. The van der Waals surface area contributed by atoms with E-state index in [2.05, 4.69) is 19.7 Å². The van der Waals surface area contributed by atoms with E-state index in [9.17, 15) is 13.2 Å². The van der Waals surface area contributed by atoms with Gasteiger partial charge < -0.3 is 0 Å². The van der Waals surface area contributed by atoms with Gasteiger partial charge in [-0.25, -0.2) is 0 Å². The Labute approximate surface area is 156 Å². The van der Waals surface area contributed by atoms with Crippen molar-refractivity contribution in [1.82, 2.24) is 0 Å². The van der Waals surface area contributed by atoms with Crippen LogP contribution in [0.15, 0.2) is 49.2 Å². The van der Waals surface area contributed by atoms with Crippen molar-refractivity contribution in [1.29, 1.82) is 0 Å². The maximum Gasteiger partial charge on any atom is 0.416 e. The van der Waals surface area contributed by atoms with Gasteiger partial charge in [0.15, 0.2) is 0 Å². The number of rotatable bonds is 11.